The lowest BCUT2D eigenvalue weighted by Gasteiger charge is -2.35. The van der Waals surface area contributed by atoms with Crippen LogP contribution in [0.5, 0.6) is 5.75 Å². The van der Waals surface area contributed by atoms with Crippen LogP contribution in [0.25, 0.3) is 10.9 Å². The highest BCUT2D eigenvalue weighted by Crippen LogP contribution is 2.27. The second-order valence-corrected chi connectivity index (χ2v) is 6.55. The number of carbonyl (C=O) groups excluding carboxylic acids is 1. The fraction of sp³-hybridized carbons (Fsp3) is 0.238. The van der Waals surface area contributed by atoms with Gasteiger partial charge in [-0.25, -0.2) is 4.98 Å². The first-order chi connectivity index (χ1) is 13.7. The maximum absolute atomic E-state index is 12.6. The molecule has 7 heteroatoms. The van der Waals surface area contributed by atoms with Crippen LogP contribution in [0.1, 0.15) is 15.9 Å². The van der Waals surface area contributed by atoms with Gasteiger partial charge in [0, 0.05) is 55.6 Å². The van der Waals surface area contributed by atoms with Crippen LogP contribution in [0, 0.1) is 11.3 Å². The van der Waals surface area contributed by atoms with Crippen LogP contribution in [-0.2, 0) is 0 Å². The Morgan fingerprint density at radius 2 is 1.86 bits per heavy atom. The zero-order chi connectivity index (χ0) is 19.5. The second kappa shape index (κ2) is 7.53. The summed E-state index contributed by atoms with van der Waals surface area (Å²) >= 11 is 0. The van der Waals surface area contributed by atoms with E-state index < -0.39 is 0 Å². The molecule has 0 bridgehead atoms. The minimum Gasteiger partial charge on any atom is -0.497 e. The van der Waals surface area contributed by atoms with Gasteiger partial charge in [-0.1, -0.05) is 0 Å². The highest BCUT2D eigenvalue weighted by molar-refractivity contribution is 5.94. The number of carbonyl (C=O) groups is 1. The molecule has 0 atom stereocenters. The fourth-order valence-electron chi connectivity index (χ4n) is 3.39. The first kappa shape index (κ1) is 17.7. The number of nitriles is 1. The molecule has 1 amide bonds. The molecule has 1 aliphatic heterocycles. The van der Waals surface area contributed by atoms with Crippen LogP contribution in [0.3, 0.4) is 0 Å². The molecule has 0 unspecified atom stereocenters. The molecule has 140 valence electrons. The SMILES string of the molecule is COc1ccc2cc(C#N)c(N3CCN(C(=O)c4ccncc4)CC3)nc2c1. The number of nitrogens with zero attached hydrogens (tertiary/aromatic N) is 5. The summed E-state index contributed by atoms with van der Waals surface area (Å²) in [5.41, 5.74) is 1.95. The summed E-state index contributed by atoms with van der Waals surface area (Å²) in [5.74, 6) is 1.38. The molecule has 1 fully saturated rings. The van der Waals surface area contributed by atoms with E-state index in [-0.39, 0.29) is 5.91 Å². The Morgan fingerprint density at radius 1 is 1.11 bits per heavy atom. The number of benzene rings is 1. The third-order valence-electron chi connectivity index (χ3n) is 4.92. The Labute approximate surface area is 162 Å². The van der Waals surface area contributed by atoms with Crippen molar-refractivity contribution in [2.45, 2.75) is 0 Å². The smallest absolute Gasteiger partial charge is 0.254 e. The zero-order valence-electron chi connectivity index (χ0n) is 15.5. The highest BCUT2D eigenvalue weighted by Gasteiger charge is 2.24. The Kier molecular flexibility index (Phi) is 4.77. The Bertz CT molecular complexity index is 1050. The van der Waals surface area contributed by atoms with E-state index in [4.69, 9.17) is 9.72 Å². The van der Waals surface area contributed by atoms with Crippen molar-refractivity contribution in [3.8, 4) is 11.8 Å². The van der Waals surface area contributed by atoms with Crippen LogP contribution in [-0.4, -0.2) is 54.1 Å². The molecule has 0 spiro atoms. The third-order valence-corrected chi connectivity index (χ3v) is 4.92. The van der Waals surface area contributed by atoms with Crippen molar-refractivity contribution >= 4 is 22.6 Å². The summed E-state index contributed by atoms with van der Waals surface area (Å²) in [6.07, 6.45) is 3.24. The van der Waals surface area contributed by atoms with E-state index in [2.05, 4.69) is 16.0 Å². The molecule has 4 rings (SSSR count). The number of rotatable bonds is 3. The predicted octanol–water partition coefficient (Wildman–Crippen LogP) is 2.47. The lowest BCUT2D eigenvalue weighted by Crippen LogP contribution is -2.49. The van der Waals surface area contributed by atoms with E-state index in [0.717, 1.165) is 16.7 Å². The molecular formula is C21H19N5O2. The van der Waals surface area contributed by atoms with E-state index >= 15 is 0 Å². The van der Waals surface area contributed by atoms with Gasteiger partial charge in [0.2, 0.25) is 0 Å². The number of hydrogen-bond acceptors (Lipinski definition) is 6. The topological polar surface area (TPSA) is 82.4 Å². The van der Waals surface area contributed by atoms with Crippen LogP contribution >= 0.6 is 0 Å². The molecule has 0 saturated carbocycles. The third kappa shape index (κ3) is 3.32. The van der Waals surface area contributed by atoms with Crippen LogP contribution in [0.15, 0.2) is 48.8 Å². The van der Waals surface area contributed by atoms with E-state index in [9.17, 15) is 10.1 Å². The van der Waals surface area contributed by atoms with Gasteiger partial charge in [-0.3, -0.25) is 9.78 Å². The average molecular weight is 373 g/mol. The van der Waals surface area contributed by atoms with E-state index in [0.29, 0.717) is 43.1 Å². The summed E-state index contributed by atoms with van der Waals surface area (Å²) in [5, 5.41) is 10.5. The number of anilines is 1. The van der Waals surface area contributed by atoms with Gasteiger partial charge in [0.25, 0.3) is 5.91 Å². The molecule has 1 saturated heterocycles. The molecule has 1 aliphatic rings. The monoisotopic (exact) mass is 373 g/mol. The van der Waals surface area contributed by atoms with Crippen LogP contribution in [0.4, 0.5) is 5.82 Å². The maximum atomic E-state index is 12.6. The molecular weight excluding hydrogens is 354 g/mol. The van der Waals surface area contributed by atoms with Crippen molar-refractivity contribution in [3.05, 3.63) is 59.9 Å². The molecule has 7 nitrogen and oxygen atoms in total. The molecule has 1 aromatic carbocycles. The number of fused-ring (bicyclic) bond motifs is 1. The van der Waals surface area contributed by atoms with E-state index in [1.54, 1.807) is 31.6 Å². The lowest BCUT2D eigenvalue weighted by molar-refractivity contribution is 0.0746. The number of ether oxygens (including phenoxy) is 1. The zero-order valence-corrected chi connectivity index (χ0v) is 15.5. The molecule has 2 aromatic heterocycles. The maximum Gasteiger partial charge on any atom is 0.254 e. The molecule has 0 N–H and O–H groups in total. The summed E-state index contributed by atoms with van der Waals surface area (Å²) in [7, 11) is 1.62. The summed E-state index contributed by atoms with van der Waals surface area (Å²) in [6.45, 7) is 2.38. The number of methoxy groups -OCH3 is 1. The molecule has 0 radical (unpaired) electrons. The second-order valence-electron chi connectivity index (χ2n) is 6.55. The van der Waals surface area contributed by atoms with Crippen molar-refractivity contribution in [3.63, 3.8) is 0 Å². The van der Waals surface area contributed by atoms with Gasteiger partial charge in [-0.05, 0) is 30.3 Å². The fourth-order valence-corrected chi connectivity index (χ4v) is 3.39. The first-order valence-electron chi connectivity index (χ1n) is 9.03. The van der Waals surface area contributed by atoms with Crippen molar-refractivity contribution in [1.29, 1.82) is 5.26 Å². The number of hydrogen-bond donors (Lipinski definition) is 0. The van der Waals surface area contributed by atoms with Gasteiger partial charge in [0.05, 0.1) is 18.2 Å². The Hall–Kier alpha value is -3.66. The number of piperazine rings is 1. The van der Waals surface area contributed by atoms with Crippen molar-refractivity contribution in [1.82, 2.24) is 14.9 Å². The summed E-state index contributed by atoms with van der Waals surface area (Å²) in [4.78, 5) is 25.2. The van der Waals surface area contributed by atoms with Crippen molar-refractivity contribution in [2.24, 2.45) is 0 Å². The van der Waals surface area contributed by atoms with Gasteiger partial charge in [-0.2, -0.15) is 5.26 Å². The molecule has 3 heterocycles. The van der Waals surface area contributed by atoms with E-state index in [1.807, 2.05) is 29.2 Å². The summed E-state index contributed by atoms with van der Waals surface area (Å²) < 4.78 is 5.28. The number of aromatic nitrogens is 2. The van der Waals surface area contributed by atoms with Gasteiger partial charge >= 0.3 is 0 Å². The predicted molar refractivity (Wildman–Crippen MR) is 105 cm³/mol. The van der Waals surface area contributed by atoms with Gasteiger partial charge < -0.3 is 14.5 Å². The largest absolute Gasteiger partial charge is 0.497 e. The number of amides is 1. The molecule has 0 aliphatic carbocycles. The Balaban J connectivity index is 1.56. The van der Waals surface area contributed by atoms with Gasteiger partial charge in [0.1, 0.15) is 17.6 Å². The average Bonchev–Trinajstić information content (AvgIpc) is 2.78. The standard InChI is InChI=1S/C21H19N5O2/c1-28-18-3-2-16-12-17(14-22)20(24-19(16)13-18)25-8-10-26(11-9-25)21(27)15-4-6-23-7-5-15/h2-7,12-13H,8-11H2,1H3. The lowest BCUT2D eigenvalue weighted by atomic mass is 10.1. The quantitative estimate of drug-likeness (QED) is 0.701. The molecule has 28 heavy (non-hydrogen) atoms. The van der Waals surface area contributed by atoms with E-state index in [1.165, 1.54) is 0 Å². The highest BCUT2D eigenvalue weighted by atomic mass is 16.5. The van der Waals surface area contributed by atoms with Crippen LogP contribution < -0.4 is 9.64 Å². The first-order valence-corrected chi connectivity index (χ1v) is 9.03. The minimum absolute atomic E-state index is 0.00114. The minimum atomic E-state index is -0.00114. The van der Waals surface area contributed by atoms with Crippen molar-refractivity contribution < 1.29 is 9.53 Å². The Morgan fingerprint density at radius 3 is 2.54 bits per heavy atom. The molecule has 3 aromatic rings. The van der Waals surface area contributed by atoms with Gasteiger partial charge in [0.15, 0.2) is 0 Å². The number of pyridine rings is 2. The normalized spacial score (nSPS) is 14.0. The van der Waals surface area contributed by atoms with Crippen molar-refractivity contribution in [2.75, 3.05) is 38.2 Å². The summed E-state index contributed by atoms with van der Waals surface area (Å²) in [6, 6.07) is 13.2. The van der Waals surface area contributed by atoms with Gasteiger partial charge in [-0.15, -0.1) is 0 Å². The van der Waals surface area contributed by atoms with Crippen LogP contribution in [0.2, 0.25) is 0 Å².